The lowest BCUT2D eigenvalue weighted by Gasteiger charge is -2.15. The summed E-state index contributed by atoms with van der Waals surface area (Å²) >= 11 is 0. The van der Waals surface area contributed by atoms with E-state index in [1.807, 2.05) is 18.2 Å². The minimum Gasteiger partial charge on any atom is -0.480 e. The first-order chi connectivity index (χ1) is 11.6. The molecular weight excluding hydrogens is 308 g/mol. The molecule has 1 amide bonds. The predicted molar refractivity (Wildman–Crippen MR) is 87.6 cm³/mol. The maximum absolute atomic E-state index is 11.8. The third-order valence-corrected chi connectivity index (χ3v) is 3.31. The number of hydrogen-bond acceptors (Lipinski definition) is 3. The van der Waals surface area contributed by atoms with Gasteiger partial charge in [-0.25, -0.2) is 14.4 Å². The van der Waals surface area contributed by atoms with Crippen LogP contribution in [0, 0.1) is 6.57 Å². The third kappa shape index (κ3) is 5.14. The number of rotatable bonds is 6. The lowest BCUT2D eigenvalue weighted by Crippen LogP contribution is -2.42. The Morgan fingerprint density at radius 2 is 1.75 bits per heavy atom. The van der Waals surface area contributed by atoms with Gasteiger partial charge >= 0.3 is 12.1 Å². The summed E-state index contributed by atoms with van der Waals surface area (Å²) in [6.07, 6.45) is -0.683. The van der Waals surface area contributed by atoms with Gasteiger partial charge in [-0.15, -0.1) is 0 Å². The van der Waals surface area contributed by atoms with E-state index in [-0.39, 0.29) is 13.0 Å². The number of carboxylic acids is 1. The van der Waals surface area contributed by atoms with Gasteiger partial charge in [0, 0.05) is 6.42 Å². The minimum atomic E-state index is -1.15. The summed E-state index contributed by atoms with van der Waals surface area (Å²) < 4.78 is 5.03. The van der Waals surface area contributed by atoms with Crippen LogP contribution in [-0.4, -0.2) is 23.2 Å². The zero-order valence-corrected chi connectivity index (χ0v) is 12.8. The van der Waals surface area contributed by atoms with Gasteiger partial charge in [0.25, 0.3) is 0 Å². The Morgan fingerprint density at radius 1 is 1.08 bits per heavy atom. The van der Waals surface area contributed by atoms with Crippen molar-refractivity contribution in [1.29, 1.82) is 0 Å². The predicted octanol–water partition coefficient (Wildman–Crippen LogP) is 3.16. The maximum atomic E-state index is 11.8. The molecule has 0 aliphatic rings. The number of hydrogen-bond donors (Lipinski definition) is 2. The van der Waals surface area contributed by atoms with Crippen molar-refractivity contribution in [3.05, 3.63) is 77.1 Å². The van der Waals surface area contributed by atoms with Crippen LogP contribution in [-0.2, 0) is 22.6 Å². The first kappa shape index (κ1) is 17.0. The van der Waals surface area contributed by atoms with E-state index < -0.39 is 18.1 Å². The first-order valence-corrected chi connectivity index (χ1v) is 7.25. The molecule has 0 aromatic heterocycles. The quantitative estimate of drug-likeness (QED) is 0.800. The molecule has 1 atom stereocenters. The SMILES string of the molecule is [C-]#[N+]c1ccc(C[C@H](NC(=O)OCc2ccccc2)C(=O)O)cc1. The lowest BCUT2D eigenvalue weighted by molar-refractivity contribution is -0.139. The zero-order valence-electron chi connectivity index (χ0n) is 12.8. The summed E-state index contributed by atoms with van der Waals surface area (Å²) in [5.41, 5.74) is 1.99. The highest BCUT2D eigenvalue weighted by Crippen LogP contribution is 2.14. The van der Waals surface area contributed by atoms with Gasteiger partial charge in [0.05, 0.1) is 6.57 Å². The average molecular weight is 324 g/mol. The van der Waals surface area contributed by atoms with Crippen molar-refractivity contribution in [2.75, 3.05) is 0 Å². The molecular formula is C18H16N2O4. The molecule has 2 N–H and O–H groups in total. The van der Waals surface area contributed by atoms with Crippen LogP contribution in [0.4, 0.5) is 10.5 Å². The van der Waals surface area contributed by atoms with Crippen LogP contribution in [0.2, 0.25) is 0 Å². The molecule has 122 valence electrons. The minimum absolute atomic E-state index is 0.0682. The van der Waals surface area contributed by atoms with E-state index in [9.17, 15) is 14.7 Å². The largest absolute Gasteiger partial charge is 0.480 e. The number of benzene rings is 2. The van der Waals surface area contributed by atoms with Crippen LogP contribution >= 0.6 is 0 Å². The molecule has 6 heteroatoms. The number of nitrogens with one attached hydrogen (secondary N) is 1. The van der Waals surface area contributed by atoms with E-state index in [0.717, 1.165) is 5.56 Å². The van der Waals surface area contributed by atoms with E-state index in [4.69, 9.17) is 11.3 Å². The van der Waals surface area contributed by atoms with Gasteiger partial charge in [0.15, 0.2) is 5.69 Å². The van der Waals surface area contributed by atoms with Gasteiger partial charge in [-0.2, -0.15) is 0 Å². The molecule has 0 bridgehead atoms. The molecule has 0 saturated carbocycles. The average Bonchev–Trinajstić information content (AvgIpc) is 2.61. The number of aliphatic carboxylic acids is 1. The summed E-state index contributed by atoms with van der Waals surface area (Å²) in [7, 11) is 0. The van der Waals surface area contributed by atoms with Crippen LogP contribution in [0.15, 0.2) is 54.6 Å². The summed E-state index contributed by atoms with van der Waals surface area (Å²) in [5, 5.41) is 11.6. The Hall–Kier alpha value is -3.33. The monoisotopic (exact) mass is 324 g/mol. The lowest BCUT2D eigenvalue weighted by atomic mass is 10.1. The highest BCUT2D eigenvalue weighted by atomic mass is 16.5. The van der Waals surface area contributed by atoms with Crippen LogP contribution in [0.3, 0.4) is 0 Å². The number of ether oxygens (including phenoxy) is 1. The fraction of sp³-hybridized carbons (Fsp3) is 0.167. The molecule has 0 heterocycles. The number of carbonyl (C=O) groups is 2. The third-order valence-electron chi connectivity index (χ3n) is 3.31. The molecule has 2 aromatic carbocycles. The smallest absolute Gasteiger partial charge is 0.408 e. The molecule has 0 unspecified atom stereocenters. The van der Waals surface area contributed by atoms with Crippen molar-refractivity contribution in [3.8, 4) is 0 Å². The molecule has 24 heavy (non-hydrogen) atoms. The molecule has 2 rings (SSSR count). The van der Waals surface area contributed by atoms with Crippen molar-refractivity contribution in [1.82, 2.24) is 5.32 Å². The highest BCUT2D eigenvalue weighted by Gasteiger charge is 2.21. The Kier molecular flexibility index (Phi) is 5.92. The van der Waals surface area contributed by atoms with Crippen LogP contribution in [0.25, 0.3) is 4.85 Å². The van der Waals surface area contributed by atoms with Crippen LogP contribution < -0.4 is 5.32 Å². The molecule has 0 aliphatic heterocycles. The number of nitrogens with zero attached hydrogens (tertiary/aromatic N) is 1. The topological polar surface area (TPSA) is 80.0 Å². The van der Waals surface area contributed by atoms with E-state index in [1.54, 1.807) is 36.4 Å². The second-order valence-electron chi connectivity index (χ2n) is 5.08. The van der Waals surface area contributed by atoms with Crippen LogP contribution in [0.1, 0.15) is 11.1 Å². The first-order valence-electron chi connectivity index (χ1n) is 7.25. The Bertz CT molecular complexity index is 736. The van der Waals surface area contributed by atoms with Crippen molar-refractivity contribution >= 4 is 17.7 Å². The van der Waals surface area contributed by atoms with Gasteiger partial charge in [-0.1, -0.05) is 54.6 Å². The van der Waals surface area contributed by atoms with E-state index in [0.29, 0.717) is 11.3 Å². The zero-order chi connectivity index (χ0) is 17.4. The number of carboxylic acid groups (broad SMARTS) is 1. The molecule has 2 aromatic rings. The molecule has 0 radical (unpaired) electrons. The Morgan fingerprint density at radius 3 is 2.33 bits per heavy atom. The fourth-order valence-electron chi connectivity index (χ4n) is 2.05. The van der Waals surface area contributed by atoms with E-state index in [2.05, 4.69) is 10.2 Å². The molecule has 0 aliphatic carbocycles. The van der Waals surface area contributed by atoms with E-state index in [1.165, 1.54) is 0 Å². The standard InChI is InChI=1S/C18H16N2O4/c1-19-15-9-7-13(8-10-15)11-16(17(21)22)20-18(23)24-12-14-5-3-2-4-6-14/h2-10,16H,11-12H2,(H,20,23)(H,21,22)/t16-/m0/s1. The van der Waals surface area contributed by atoms with Crippen LogP contribution in [0.5, 0.6) is 0 Å². The summed E-state index contributed by atoms with van der Waals surface area (Å²) in [4.78, 5) is 26.4. The Balaban J connectivity index is 1.91. The Labute approximate surface area is 139 Å². The summed E-state index contributed by atoms with van der Waals surface area (Å²) in [6.45, 7) is 6.96. The van der Waals surface area contributed by atoms with Crippen molar-refractivity contribution in [2.45, 2.75) is 19.1 Å². The molecule has 0 spiro atoms. The molecule has 6 nitrogen and oxygen atoms in total. The van der Waals surface area contributed by atoms with Gasteiger partial charge in [0.2, 0.25) is 0 Å². The second-order valence-corrected chi connectivity index (χ2v) is 5.08. The second kappa shape index (κ2) is 8.34. The number of carbonyl (C=O) groups excluding carboxylic acids is 1. The summed E-state index contributed by atoms with van der Waals surface area (Å²) in [5.74, 6) is -1.15. The molecule has 0 fully saturated rings. The number of alkyl carbamates (subject to hydrolysis) is 1. The maximum Gasteiger partial charge on any atom is 0.408 e. The fourth-order valence-corrected chi connectivity index (χ4v) is 2.05. The van der Waals surface area contributed by atoms with E-state index >= 15 is 0 Å². The van der Waals surface area contributed by atoms with Gasteiger partial charge in [-0.05, 0) is 11.1 Å². The van der Waals surface area contributed by atoms with Gasteiger partial charge < -0.3 is 15.2 Å². The summed E-state index contributed by atoms with van der Waals surface area (Å²) in [6, 6.07) is 14.6. The molecule has 0 saturated heterocycles. The van der Waals surface area contributed by atoms with Gasteiger partial charge in [-0.3, -0.25) is 0 Å². The van der Waals surface area contributed by atoms with Crippen molar-refractivity contribution in [3.63, 3.8) is 0 Å². The highest BCUT2D eigenvalue weighted by molar-refractivity contribution is 5.80. The van der Waals surface area contributed by atoms with Crippen molar-refractivity contribution < 1.29 is 19.4 Å². The van der Waals surface area contributed by atoms with Gasteiger partial charge in [0.1, 0.15) is 12.6 Å². The van der Waals surface area contributed by atoms with Crippen molar-refractivity contribution in [2.24, 2.45) is 0 Å². The normalized spacial score (nSPS) is 11.1. The number of amides is 1.